The molecule has 1 N–H and O–H groups in total. The molecule has 0 atom stereocenters. The van der Waals surface area contributed by atoms with Crippen molar-refractivity contribution in [3.8, 4) is 5.75 Å². The summed E-state index contributed by atoms with van der Waals surface area (Å²) in [7, 11) is -2.46. The zero-order chi connectivity index (χ0) is 15.0. The van der Waals surface area contributed by atoms with Gasteiger partial charge >= 0.3 is 7.94 Å². The van der Waals surface area contributed by atoms with Crippen LogP contribution in [0.5, 0.6) is 5.75 Å². The van der Waals surface area contributed by atoms with E-state index in [4.69, 9.17) is 13.6 Å². The monoisotopic (exact) mass is 336 g/mol. The van der Waals surface area contributed by atoms with Gasteiger partial charge < -0.3 is 17.5 Å². The molecule has 7 heteroatoms. The molecule has 0 spiro atoms. The predicted molar refractivity (Wildman–Crippen MR) is 79.0 cm³/mol. The number of carbonyl (C=O) groups is 1. The second kappa shape index (κ2) is 10.1. The molecular weight excluding hydrogens is 315 g/mol. The van der Waals surface area contributed by atoms with Crippen LogP contribution in [0.25, 0.3) is 0 Å². The molecule has 0 aliphatic heterocycles. The van der Waals surface area contributed by atoms with Crippen LogP contribution in [-0.4, -0.2) is 31.2 Å². The van der Waals surface area contributed by atoms with Crippen LogP contribution in [0.1, 0.15) is 36.7 Å². The fraction of sp³-hybridized carbons (Fsp3) is 0.500. The van der Waals surface area contributed by atoms with Crippen LogP contribution in [0.2, 0.25) is 0 Å². The van der Waals surface area contributed by atoms with E-state index in [1.807, 2.05) is 20.8 Å². The van der Waals surface area contributed by atoms with Crippen molar-refractivity contribution in [3.05, 3.63) is 29.3 Å². The van der Waals surface area contributed by atoms with E-state index in [0.29, 0.717) is 32.3 Å². The molecular formula is C14H22ClO5P. The van der Waals surface area contributed by atoms with E-state index in [1.165, 1.54) is 6.07 Å². The number of rotatable bonds is 9. The van der Waals surface area contributed by atoms with Gasteiger partial charge in [-0.2, -0.15) is 13.6 Å². The maximum atomic E-state index is 10.9. The highest BCUT2D eigenvalue weighted by Gasteiger charge is 2.44. The van der Waals surface area contributed by atoms with Crippen LogP contribution in [0, 0.1) is 0 Å². The van der Waals surface area contributed by atoms with Crippen molar-refractivity contribution < 1.29 is 35.9 Å². The largest absolute Gasteiger partial charge is 1.00 e. The third-order valence-corrected chi connectivity index (χ3v) is 5.28. The second-order valence-electron chi connectivity index (χ2n) is 4.03. The number of hydrogen-bond acceptors (Lipinski definition) is 5. The fourth-order valence-corrected chi connectivity index (χ4v) is 4.18. The van der Waals surface area contributed by atoms with Crippen LogP contribution >= 0.6 is 7.94 Å². The van der Waals surface area contributed by atoms with Gasteiger partial charge in [-0.15, -0.1) is 0 Å². The predicted octanol–water partition coefficient (Wildman–Crippen LogP) is 0.581. The van der Waals surface area contributed by atoms with E-state index in [-0.39, 0.29) is 23.7 Å². The van der Waals surface area contributed by atoms with Gasteiger partial charge in [0.1, 0.15) is 5.75 Å². The maximum absolute atomic E-state index is 10.9. The first-order valence-electron chi connectivity index (χ1n) is 6.69. The summed E-state index contributed by atoms with van der Waals surface area (Å²) < 4.78 is 17.2. The number of phenols is 1. The summed E-state index contributed by atoms with van der Waals surface area (Å²) in [5.41, 5.74) is 1.10. The number of benzene rings is 1. The van der Waals surface area contributed by atoms with Gasteiger partial charge in [0.05, 0.1) is 25.4 Å². The molecule has 0 aliphatic rings. The summed E-state index contributed by atoms with van der Waals surface area (Å²) in [5, 5.41) is 9.53. The van der Waals surface area contributed by atoms with Gasteiger partial charge in [-0.3, -0.25) is 4.79 Å². The van der Waals surface area contributed by atoms with E-state index >= 15 is 0 Å². The van der Waals surface area contributed by atoms with Crippen LogP contribution in [0.15, 0.2) is 18.2 Å². The van der Waals surface area contributed by atoms with Crippen molar-refractivity contribution in [1.29, 1.82) is 0 Å². The molecule has 0 fully saturated rings. The van der Waals surface area contributed by atoms with Gasteiger partial charge in [0.2, 0.25) is 0 Å². The van der Waals surface area contributed by atoms with E-state index in [9.17, 15) is 9.90 Å². The number of aldehydes is 1. The summed E-state index contributed by atoms with van der Waals surface area (Å²) in [4.78, 5) is 10.9. The molecule has 0 bridgehead atoms. The van der Waals surface area contributed by atoms with Crippen LogP contribution in [0.3, 0.4) is 0 Å². The molecule has 1 aromatic rings. The van der Waals surface area contributed by atoms with Gasteiger partial charge in [-0.05, 0) is 38.5 Å². The Morgan fingerprint density at radius 2 is 1.62 bits per heavy atom. The van der Waals surface area contributed by atoms with Gasteiger partial charge in [0, 0.05) is 0 Å². The minimum Gasteiger partial charge on any atom is -1.00 e. The number of aromatic hydroxyl groups is 1. The smallest absolute Gasteiger partial charge is 0.416 e. The van der Waals surface area contributed by atoms with Crippen molar-refractivity contribution in [3.63, 3.8) is 0 Å². The SMILES string of the molecule is CCO[P+](Cc1ccc(O)c(C=O)c1)(OCC)OCC.[Cl-]. The van der Waals surface area contributed by atoms with Gasteiger partial charge in [-0.25, -0.2) is 0 Å². The normalized spacial score (nSPS) is 11.0. The molecule has 21 heavy (non-hydrogen) atoms. The Hall–Kier alpha value is -0.710. The van der Waals surface area contributed by atoms with Crippen molar-refractivity contribution in [2.75, 3.05) is 19.8 Å². The topological polar surface area (TPSA) is 65.0 Å². The molecule has 0 saturated carbocycles. The molecule has 0 amide bonds. The highest BCUT2D eigenvalue weighted by atomic mass is 35.5. The molecule has 0 radical (unpaired) electrons. The first-order valence-corrected chi connectivity index (χ1v) is 8.42. The molecule has 1 aromatic carbocycles. The number of carbonyl (C=O) groups excluding carboxylic acids is 1. The summed E-state index contributed by atoms with van der Waals surface area (Å²) >= 11 is 0. The van der Waals surface area contributed by atoms with Crippen molar-refractivity contribution >= 4 is 14.2 Å². The number of phenolic OH excluding ortho intramolecular Hbond substituents is 1. The third kappa shape index (κ3) is 5.89. The van der Waals surface area contributed by atoms with Gasteiger partial charge in [-0.1, -0.05) is 6.07 Å². The Kier molecular flexibility index (Phi) is 9.75. The van der Waals surface area contributed by atoms with Crippen LogP contribution in [0.4, 0.5) is 0 Å². The highest BCUT2D eigenvalue weighted by molar-refractivity contribution is 7.60. The second-order valence-corrected chi connectivity index (χ2v) is 6.35. The molecule has 0 heterocycles. The third-order valence-electron chi connectivity index (χ3n) is 2.57. The van der Waals surface area contributed by atoms with E-state index < -0.39 is 7.94 Å². The quantitative estimate of drug-likeness (QED) is 0.528. The van der Waals surface area contributed by atoms with Crippen molar-refractivity contribution in [2.24, 2.45) is 0 Å². The standard InChI is InChI=1S/C14H21O5P.ClH/c1-4-17-20(18-5-2,19-6-3)11-12-7-8-14(16)13(9-12)10-15;/h7-10H,4-6,11H2,1-3H3;1H. The average molecular weight is 337 g/mol. The average Bonchev–Trinajstić information content (AvgIpc) is 2.42. The lowest BCUT2D eigenvalue weighted by Crippen LogP contribution is -3.00. The first kappa shape index (κ1) is 20.3. The minimum absolute atomic E-state index is 0. The molecule has 120 valence electrons. The fourth-order valence-electron chi connectivity index (χ4n) is 1.86. The number of hydrogen-bond donors (Lipinski definition) is 1. The molecule has 0 aromatic heterocycles. The molecule has 0 aliphatic carbocycles. The summed E-state index contributed by atoms with van der Waals surface area (Å²) in [5.74, 6) is -0.0306. The Balaban J connectivity index is 0.00000400. The van der Waals surface area contributed by atoms with Gasteiger partial charge in [0.15, 0.2) is 12.4 Å². The van der Waals surface area contributed by atoms with Gasteiger partial charge in [0.25, 0.3) is 0 Å². The zero-order valence-corrected chi connectivity index (χ0v) is 14.2. The highest BCUT2D eigenvalue weighted by Crippen LogP contribution is 2.64. The summed E-state index contributed by atoms with van der Waals surface area (Å²) in [6, 6.07) is 4.87. The summed E-state index contributed by atoms with van der Waals surface area (Å²) in [6.07, 6.45) is 1.07. The molecule has 1 rings (SSSR count). The van der Waals surface area contributed by atoms with E-state index in [0.717, 1.165) is 5.56 Å². The zero-order valence-electron chi connectivity index (χ0n) is 12.5. The Labute approximate surface area is 132 Å². The lowest BCUT2D eigenvalue weighted by atomic mass is 10.1. The van der Waals surface area contributed by atoms with Crippen molar-refractivity contribution in [2.45, 2.75) is 26.9 Å². The van der Waals surface area contributed by atoms with Crippen molar-refractivity contribution in [1.82, 2.24) is 0 Å². The molecule has 0 unspecified atom stereocenters. The Morgan fingerprint density at radius 1 is 1.10 bits per heavy atom. The maximum Gasteiger partial charge on any atom is 0.416 e. The Morgan fingerprint density at radius 3 is 2.05 bits per heavy atom. The molecule has 0 saturated heterocycles. The first-order chi connectivity index (χ1) is 9.60. The summed E-state index contributed by atoms with van der Waals surface area (Å²) in [6.45, 7) is 7.15. The van der Waals surface area contributed by atoms with Crippen LogP contribution < -0.4 is 12.4 Å². The van der Waals surface area contributed by atoms with E-state index in [2.05, 4.69) is 0 Å². The lowest BCUT2D eigenvalue weighted by molar-refractivity contribution is -0.0000176. The minimum atomic E-state index is -2.46. The molecule has 5 nitrogen and oxygen atoms in total. The van der Waals surface area contributed by atoms with Crippen LogP contribution in [-0.2, 0) is 19.7 Å². The Bertz CT molecular complexity index is 424. The van der Waals surface area contributed by atoms with E-state index in [1.54, 1.807) is 12.1 Å². The lowest BCUT2D eigenvalue weighted by Gasteiger charge is -2.21. The number of halogens is 1.